The summed E-state index contributed by atoms with van der Waals surface area (Å²) in [6, 6.07) is 6.73. The molecule has 0 N–H and O–H groups in total. The van der Waals surface area contributed by atoms with E-state index >= 15 is 0 Å². The van der Waals surface area contributed by atoms with Crippen molar-refractivity contribution in [1.82, 2.24) is 29.6 Å². The van der Waals surface area contributed by atoms with Crippen LogP contribution < -0.4 is 0 Å². The Hall–Kier alpha value is -2.32. The fourth-order valence-corrected chi connectivity index (χ4v) is 3.41. The lowest BCUT2D eigenvalue weighted by Crippen LogP contribution is -1.98. The second kappa shape index (κ2) is 5.10. The second-order valence-corrected chi connectivity index (χ2v) is 6.38. The molecule has 1 aromatic carbocycles. The fraction of sp³-hybridized carbons (Fsp3) is 0.143. The number of rotatable bonds is 2. The fourth-order valence-electron chi connectivity index (χ4n) is 2.37. The van der Waals surface area contributed by atoms with Crippen LogP contribution in [-0.4, -0.2) is 29.6 Å². The molecule has 0 fully saturated rings. The summed E-state index contributed by atoms with van der Waals surface area (Å²) in [6.45, 7) is 1.90. The van der Waals surface area contributed by atoms with Crippen molar-refractivity contribution in [3.05, 3.63) is 40.8 Å². The Balaban J connectivity index is 1.90. The maximum Gasteiger partial charge on any atom is 0.235 e. The van der Waals surface area contributed by atoms with E-state index in [4.69, 9.17) is 11.6 Å². The highest BCUT2D eigenvalue weighted by Gasteiger charge is 2.19. The third-order valence-electron chi connectivity index (χ3n) is 3.40. The number of hydrogen-bond donors (Lipinski definition) is 0. The van der Waals surface area contributed by atoms with Crippen molar-refractivity contribution in [1.29, 1.82) is 0 Å². The third kappa shape index (κ3) is 2.22. The number of hydrogen-bond acceptors (Lipinski definition) is 5. The predicted octanol–water partition coefficient (Wildman–Crippen LogP) is 3.35. The van der Waals surface area contributed by atoms with Crippen LogP contribution in [0.2, 0.25) is 5.02 Å². The summed E-state index contributed by atoms with van der Waals surface area (Å²) < 4.78 is 17.5. The van der Waals surface area contributed by atoms with Gasteiger partial charge in [0.25, 0.3) is 0 Å². The maximum absolute atomic E-state index is 14.2. The van der Waals surface area contributed by atoms with Crippen molar-refractivity contribution in [2.75, 3.05) is 0 Å². The van der Waals surface area contributed by atoms with Gasteiger partial charge in [-0.2, -0.15) is 14.7 Å². The molecule has 3 aromatic heterocycles. The van der Waals surface area contributed by atoms with Crippen molar-refractivity contribution in [2.45, 2.75) is 6.92 Å². The zero-order valence-electron chi connectivity index (χ0n) is 12.2. The highest BCUT2D eigenvalue weighted by atomic mass is 35.5. The van der Waals surface area contributed by atoms with E-state index in [2.05, 4.69) is 20.4 Å². The van der Waals surface area contributed by atoms with Crippen LogP contribution >= 0.6 is 22.9 Å². The van der Waals surface area contributed by atoms with Crippen LogP contribution in [0.4, 0.5) is 4.39 Å². The molecule has 0 saturated heterocycles. The number of halogens is 2. The van der Waals surface area contributed by atoms with E-state index in [1.54, 1.807) is 21.3 Å². The Morgan fingerprint density at radius 2 is 2.04 bits per heavy atom. The smallest absolute Gasteiger partial charge is 0.235 e. The lowest BCUT2D eigenvalue weighted by Gasteiger charge is -2.00. The molecular weight excluding hydrogens is 339 g/mol. The number of fused-ring (bicyclic) bond motifs is 1. The van der Waals surface area contributed by atoms with Gasteiger partial charge >= 0.3 is 0 Å². The maximum atomic E-state index is 14.2. The van der Waals surface area contributed by atoms with Crippen molar-refractivity contribution < 1.29 is 4.39 Å². The Kier molecular flexibility index (Phi) is 3.17. The van der Waals surface area contributed by atoms with Gasteiger partial charge in [-0.3, -0.25) is 4.68 Å². The molecule has 3 heterocycles. The van der Waals surface area contributed by atoms with Crippen LogP contribution in [0.15, 0.2) is 24.3 Å². The topological polar surface area (TPSA) is 60.9 Å². The summed E-state index contributed by atoms with van der Waals surface area (Å²) in [7, 11) is 1.83. The van der Waals surface area contributed by atoms with Crippen LogP contribution in [0.3, 0.4) is 0 Å². The number of aryl methyl sites for hydroxylation is 2. The molecule has 116 valence electrons. The normalized spacial score (nSPS) is 11.5. The van der Waals surface area contributed by atoms with Crippen LogP contribution in [0.5, 0.6) is 0 Å². The van der Waals surface area contributed by atoms with Gasteiger partial charge in [0, 0.05) is 12.6 Å². The van der Waals surface area contributed by atoms with Crippen molar-refractivity contribution in [3.8, 4) is 22.1 Å². The Morgan fingerprint density at radius 3 is 2.78 bits per heavy atom. The van der Waals surface area contributed by atoms with Gasteiger partial charge in [-0.05, 0) is 25.1 Å². The molecule has 0 spiro atoms. The molecule has 0 saturated carbocycles. The lowest BCUT2D eigenvalue weighted by molar-refractivity contribution is 0.631. The van der Waals surface area contributed by atoms with E-state index in [1.807, 2.05) is 20.0 Å². The van der Waals surface area contributed by atoms with E-state index in [9.17, 15) is 4.39 Å². The molecule has 0 aliphatic rings. The predicted molar refractivity (Wildman–Crippen MR) is 86.0 cm³/mol. The van der Waals surface area contributed by atoms with Crippen LogP contribution in [0.25, 0.3) is 27.1 Å². The van der Waals surface area contributed by atoms with Gasteiger partial charge in [0.15, 0.2) is 10.8 Å². The number of nitrogens with zero attached hydrogens (tertiary/aromatic N) is 6. The average Bonchev–Trinajstić information content (AvgIpc) is 3.16. The van der Waals surface area contributed by atoms with Gasteiger partial charge in [0.2, 0.25) is 10.8 Å². The van der Waals surface area contributed by atoms with Crippen LogP contribution in [0, 0.1) is 12.7 Å². The molecule has 0 aliphatic carbocycles. The molecule has 0 aliphatic heterocycles. The van der Waals surface area contributed by atoms with E-state index in [0.717, 1.165) is 11.4 Å². The first-order valence-electron chi connectivity index (χ1n) is 6.72. The minimum Gasteiger partial charge on any atom is -0.264 e. The van der Waals surface area contributed by atoms with Gasteiger partial charge < -0.3 is 0 Å². The molecule has 0 atom stereocenters. The SMILES string of the molecule is Cc1cc(-c2nnc3sc(-c4cccc(Cl)c4F)nn23)n(C)n1. The average molecular weight is 349 g/mol. The largest absolute Gasteiger partial charge is 0.264 e. The molecule has 4 rings (SSSR count). The van der Waals surface area contributed by atoms with Gasteiger partial charge in [-0.1, -0.05) is 29.0 Å². The molecule has 6 nitrogen and oxygen atoms in total. The Bertz CT molecular complexity index is 1030. The lowest BCUT2D eigenvalue weighted by atomic mass is 10.2. The Morgan fingerprint density at radius 1 is 1.22 bits per heavy atom. The van der Waals surface area contributed by atoms with Crippen molar-refractivity contribution in [3.63, 3.8) is 0 Å². The monoisotopic (exact) mass is 348 g/mol. The van der Waals surface area contributed by atoms with E-state index in [0.29, 0.717) is 21.4 Å². The quantitative estimate of drug-likeness (QED) is 0.557. The first-order chi connectivity index (χ1) is 11.0. The number of aromatic nitrogens is 6. The first-order valence-corrected chi connectivity index (χ1v) is 7.91. The molecule has 0 amide bonds. The third-order valence-corrected chi connectivity index (χ3v) is 4.63. The highest BCUT2D eigenvalue weighted by molar-refractivity contribution is 7.19. The molecule has 0 radical (unpaired) electrons. The van der Waals surface area contributed by atoms with Crippen molar-refractivity contribution >= 4 is 27.9 Å². The summed E-state index contributed by atoms with van der Waals surface area (Å²) in [5.74, 6) is 0.0742. The molecule has 23 heavy (non-hydrogen) atoms. The standard InChI is InChI=1S/C14H10ClFN6S/c1-7-6-10(21(2)19-7)12-17-18-14-22(12)20-13(23-14)8-4-3-5-9(15)11(8)16/h3-6H,1-2H3. The summed E-state index contributed by atoms with van der Waals surface area (Å²) >= 11 is 7.09. The first kappa shape index (κ1) is 14.3. The van der Waals surface area contributed by atoms with Crippen molar-refractivity contribution in [2.24, 2.45) is 7.05 Å². The zero-order chi connectivity index (χ0) is 16.1. The highest BCUT2D eigenvalue weighted by Crippen LogP contribution is 2.32. The molecule has 9 heteroatoms. The molecular formula is C14H10ClFN6S. The number of benzene rings is 1. The summed E-state index contributed by atoms with van der Waals surface area (Å²) in [6.07, 6.45) is 0. The minimum atomic E-state index is -0.489. The molecule has 0 bridgehead atoms. The summed E-state index contributed by atoms with van der Waals surface area (Å²) in [5, 5.41) is 17.6. The van der Waals surface area contributed by atoms with Gasteiger partial charge in [0.05, 0.1) is 10.7 Å². The second-order valence-electron chi connectivity index (χ2n) is 5.02. The zero-order valence-corrected chi connectivity index (χ0v) is 13.7. The molecule has 0 unspecified atom stereocenters. The van der Waals surface area contributed by atoms with E-state index < -0.39 is 5.82 Å². The van der Waals surface area contributed by atoms with Crippen LogP contribution in [0.1, 0.15) is 5.69 Å². The van der Waals surface area contributed by atoms with Crippen LogP contribution in [-0.2, 0) is 7.05 Å². The Labute approximate surface area is 139 Å². The van der Waals surface area contributed by atoms with E-state index in [1.165, 1.54) is 17.4 Å². The summed E-state index contributed by atoms with van der Waals surface area (Å²) in [4.78, 5) is 0.577. The van der Waals surface area contributed by atoms with E-state index in [-0.39, 0.29) is 5.02 Å². The minimum absolute atomic E-state index is 0.0657. The van der Waals surface area contributed by atoms with Gasteiger partial charge in [-0.25, -0.2) is 4.39 Å². The van der Waals surface area contributed by atoms with Gasteiger partial charge in [-0.15, -0.1) is 10.2 Å². The molecule has 4 aromatic rings. The van der Waals surface area contributed by atoms with Gasteiger partial charge in [0.1, 0.15) is 5.69 Å². The summed E-state index contributed by atoms with van der Waals surface area (Å²) in [5.41, 5.74) is 2.01.